The average Bonchev–Trinajstić information content (AvgIpc) is 1.62. The Bertz CT molecular complexity index is 150. The maximum atomic E-state index is 9.80. The third-order valence-corrected chi connectivity index (χ3v) is 1.20. The Morgan fingerprint density at radius 1 is 1.56 bits per heavy atom. The van der Waals surface area contributed by atoms with Gasteiger partial charge < -0.3 is 0 Å². The van der Waals surface area contributed by atoms with Gasteiger partial charge in [-0.2, -0.15) is 0 Å². The molecule has 0 atom stereocenters. The molecule has 0 bridgehead atoms. The minimum absolute atomic E-state index is 0.646. The van der Waals surface area contributed by atoms with E-state index in [9.17, 15) is 10.1 Å². The van der Waals surface area contributed by atoms with E-state index in [4.69, 9.17) is 34.8 Å². The third-order valence-electron chi connectivity index (χ3n) is 0.548. The second-order valence-corrected chi connectivity index (χ2v) is 3.48. The number of alkyl halides is 3. The van der Waals surface area contributed by atoms with Crippen molar-refractivity contribution in [1.82, 2.24) is 0 Å². The van der Waals surface area contributed by atoms with Gasteiger partial charge in [0.15, 0.2) is 0 Å². The van der Waals surface area contributed by atoms with Gasteiger partial charge in [0.1, 0.15) is 0 Å². The van der Waals surface area contributed by atoms with Gasteiger partial charge in [-0.05, 0) is 6.58 Å². The Labute approximate surface area is 66.3 Å². The fourth-order valence-electron chi connectivity index (χ4n) is 0.104. The second-order valence-electron chi connectivity index (χ2n) is 1.20. The van der Waals surface area contributed by atoms with Crippen molar-refractivity contribution in [3.05, 3.63) is 22.4 Å². The smallest absolute Gasteiger partial charge is 0.258 e. The van der Waals surface area contributed by atoms with Crippen LogP contribution in [-0.4, -0.2) is 8.72 Å². The summed E-state index contributed by atoms with van der Waals surface area (Å²) in [6.45, 7) is 2.93. The molecular formula is C3H2Cl3NO2. The van der Waals surface area contributed by atoms with Gasteiger partial charge in [-0.1, -0.05) is 34.8 Å². The molecule has 0 fully saturated rings. The molecule has 0 heterocycles. The molecule has 0 spiro atoms. The summed E-state index contributed by atoms with van der Waals surface area (Å²) in [6, 6.07) is 0. The second kappa shape index (κ2) is 2.73. The van der Waals surface area contributed by atoms with Crippen LogP contribution >= 0.6 is 34.8 Å². The van der Waals surface area contributed by atoms with Crippen molar-refractivity contribution in [1.29, 1.82) is 0 Å². The first-order valence-electron chi connectivity index (χ1n) is 1.76. The van der Waals surface area contributed by atoms with Crippen LogP contribution in [0.15, 0.2) is 12.3 Å². The first-order chi connectivity index (χ1) is 3.85. The maximum Gasteiger partial charge on any atom is 0.290 e. The Morgan fingerprint density at radius 2 is 1.89 bits per heavy atom. The van der Waals surface area contributed by atoms with E-state index in [1.54, 1.807) is 0 Å². The zero-order valence-electron chi connectivity index (χ0n) is 4.10. The van der Waals surface area contributed by atoms with Crippen molar-refractivity contribution in [3.8, 4) is 0 Å². The van der Waals surface area contributed by atoms with Gasteiger partial charge in [-0.3, -0.25) is 10.1 Å². The molecule has 0 aliphatic rings. The Balaban J connectivity index is 4.23. The van der Waals surface area contributed by atoms with Crippen LogP contribution in [0.5, 0.6) is 0 Å². The van der Waals surface area contributed by atoms with Gasteiger partial charge in [0, 0.05) is 0 Å². The standard InChI is InChI=1S/C3H2Cl3NO2/c1-2(7(8)9)3(4,5)6/h1H2. The van der Waals surface area contributed by atoms with E-state index in [1.165, 1.54) is 0 Å². The number of allylic oxidation sites excluding steroid dienone is 1. The van der Waals surface area contributed by atoms with Crippen molar-refractivity contribution in [2.24, 2.45) is 0 Å². The topological polar surface area (TPSA) is 43.1 Å². The van der Waals surface area contributed by atoms with Crippen LogP contribution in [0.2, 0.25) is 0 Å². The number of nitrogens with zero attached hydrogens (tertiary/aromatic N) is 1. The van der Waals surface area contributed by atoms with Crippen molar-refractivity contribution >= 4 is 34.8 Å². The van der Waals surface area contributed by atoms with Crippen LogP contribution in [0, 0.1) is 10.1 Å². The molecule has 0 aromatic heterocycles. The summed E-state index contributed by atoms with van der Waals surface area (Å²) in [5.74, 6) is 0. The molecule has 0 saturated heterocycles. The number of hydrogen-bond acceptors (Lipinski definition) is 2. The lowest BCUT2D eigenvalue weighted by Crippen LogP contribution is -2.13. The van der Waals surface area contributed by atoms with Crippen molar-refractivity contribution in [2.45, 2.75) is 3.79 Å². The Hall–Kier alpha value is 0.01000. The summed E-state index contributed by atoms with van der Waals surface area (Å²) >= 11 is 15.2. The Morgan fingerprint density at radius 3 is 1.89 bits per heavy atom. The number of nitro groups is 1. The molecule has 0 aromatic carbocycles. The van der Waals surface area contributed by atoms with E-state index in [-0.39, 0.29) is 0 Å². The molecule has 0 aromatic rings. The van der Waals surface area contributed by atoms with Crippen LogP contribution in [0.25, 0.3) is 0 Å². The molecule has 0 aliphatic heterocycles. The lowest BCUT2D eigenvalue weighted by Gasteiger charge is -2.03. The molecule has 0 unspecified atom stereocenters. The van der Waals surface area contributed by atoms with Crippen LogP contribution in [0.1, 0.15) is 0 Å². The summed E-state index contributed by atoms with van der Waals surface area (Å²) in [5.41, 5.74) is -0.646. The quantitative estimate of drug-likeness (QED) is 0.361. The minimum atomic E-state index is -2.00. The maximum absolute atomic E-state index is 9.80. The molecule has 0 rings (SSSR count). The van der Waals surface area contributed by atoms with E-state index >= 15 is 0 Å². The fourth-order valence-corrected chi connectivity index (χ4v) is 0.311. The van der Waals surface area contributed by atoms with Crippen molar-refractivity contribution in [3.63, 3.8) is 0 Å². The average molecular weight is 190 g/mol. The van der Waals surface area contributed by atoms with E-state index in [0.29, 0.717) is 0 Å². The molecule has 6 heteroatoms. The molecule has 0 aliphatic carbocycles. The molecule has 0 saturated carbocycles. The highest BCUT2D eigenvalue weighted by molar-refractivity contribution is 6.69. The molecule has 9 heavy (non-hydrogen) atoms. The van der Waals surface area contributed by atoms with Gasteiger partial charge in [0.2, 0.25) is 0 Å². The van der Waals surface area contributed by atoms with E-state index in [2.05, 4.69) is 6.58 Å². The highest BCUT2D eigenvalue weighted by Gasteiger charge is 2.34. The monoisotopic (exact) mass is 189 g/mol. The lowest BCUT2D eigenvalue weighted by molar-refractivity contribution is -0.425. The molecule has 0 radical (unpaired) electrons. The number of rotatable bonds is 1. The van der Waals surface area contributed by atoms with Crippen LogP contribution < -0.4 is 0 Å². The predicted octanol–water partition coefficient (Wildman–Crippen LogP) is 2.15. The molecule has 3 nitrogen and oxygen atoms in total. The zero-order valence-corrected chi connectivity index (χ0v) is 6.37. The highest BCUT2D eigenvalue weighted by Crippen LogP contribution is 2.33. The minimum Gasteiger partial charge on any atom is -0.258 e. The summed E-state index contributed by atoms with van der Waals surface area (Å²) in [4.78, 5) is 8.96. The van der Waals surface area contributed by atoms with Crippen molar-refractivity contribution in [2.75, 3.05) is 0 Å². The fraction of sp³-hybridized carbons (Fsp3) is 0.333. The Kier molecular flexibility index (Phi) is 2.73. The van der Waals surface area contributed by atoms with Crippen LogP contribution in [0.3, 0.4) is 0 Å². The van der Waals surface area contributed by atoms with Gasteiger partial charge >= 0.3 is 0 Å². The van der Waals surface area contributed by atoms with Crippen LogP contribution in [-0.2, 0) is 0 Å². The van der Waals surface area contributed by atoms with E-state index < -0.39 is 14.4 Å². The van der Waals surface area contributed by atoms with Gasteiger partial charge in [0.05, 0.1) is 4.92 Å². The highest BCUT2D eigenvalue weighted by atomic mass is 35.6. The molecule has 0 N–H and O–H groups in total. The summed E-state index contributed by atoms with van der Waals surface area (Å²) < 4.78 is -2.00. The third kappa shape index (κ3) is 2.89. The normalized spacial score (nSPS) is 11.0. The predicted molar refractivity (Wildman–Crippen MR) is 36.4 cm³/mol. The molecule has 52 valence electrons. The van der Waals surface area contributed by atoms with E-state index in [1.807, 2.05) is 0 Å². The van der Waals surface area contributed by atoms with Crippen LogP contribution in [0.4, 0.5) is 0 Å². The first-order valence-corrected chi connectivity index (χ1v) is 2.89. The largest absolute Gasteiger partial charge is 0.290 e. The number of halogens is 3. The first kappa shape index (κ1) is 9.01. The summed E-state index contributed by atoms with van der Waals surface area (Å²) in [6.07, 6.45) is 0. The molecular weight excluding hydrogens is 188 g/mol. The zero-order chi connectivity index (χ0) is 7.65. The lowest BCUT2D eigenvalue weighted by atomic mass is 10.6. The molecule has 0 amide bonds. The van der Waals surface area contributed by atoms with Gasteiger partial charge in [0.25, 0.3) is 9.49 Å². The van der Waals surface area contributed by atoms with E-state index in [0.717, 1.165) is 0 Å². The summed E-state index contributed by atoms with van der Waals surface area (Å²) in [5, 5.41) is 9.80. The summed E-state index contributed by atoms with van der Waals surface area (Å²) in [7, 11) is 0. The number of hydrogen-bond donors (Lipinski definition) is 0. The van der Waals surface area contributed by atoms with Gasteiger partial charge in [-0.15, -0.1) is 0 Å². The van der Waals surface area contributed by atoms with Crippen molar-refractivity contribution < 1.29 is 4.92 Å². The van der Waals surface area contributed by atoms with Gasteiger partial charge in [-0.25, -0.2) is 0 Å². The SMILES string of the molecule is C=C([N+](=O)[O-])C(Cl)(Cl)Cl.